The molecule has 0 spiro atoms. The lowest BCUT2D eigenvalue weighted by Crippen LogP contribution is -2.18. The fourth-order valence-electron chi connectivity index (χ4n) is 1.54. The van der Waals surface area contributed by atoms with Gasteiger partial charge in [-0.2, -0.15) is 0 Å². The largest absolute Gasteiger partial charge is 0.389 e. The molecule has 1 aromatic heterocycles. The summed E-state index contributed by atoms with van der Waals surface area (Å²) < 4.78 is 13.8. The van der Waals surface area contributed by atoms with Gasteiger partial charge >= 0.3 is 0 Å². The molecule has 1 amide bonds. The predicted octanol–water partition coefficient (Wildman–Crippen LogP) is 1.40. The number of rotatable bonds is 3. The molecule has 0 unspecified atom stereocenters. The molecule has 0 aliphatic carbocycles. The Morgan fingerprint density at radius 1 is 1.30 bits per heavy atom. The maximum absolute atomic E-state index is 13.8. The normalized spacial score (nSPS) is 10.1. The highest BCUT2D eigenvalue weighted by Gasteiger charge is 2.11. The maximum Gasteiger partial charge on any atom is 0.272 e. The van der Waals surface area contributed by atoms with E-state index in [9.17, 15) is 14.0 Å². The quantitative estimate of drug-likeness (QED) is 0.746. The van der Waals surface area contributed by atoms with Crippen LogP contribution in [0.3, 0.4) is 0 Å². The van der Waals surface area contributed by atoms with Gasteiger partial charge < -0.3 is 16.0 Å². The molecule has 0 bridgehead atoms. The highest BCUT2D eigenvalue weighted by atomic mass is 32.1. The molecule has 5 nitrogen and oxygen atoms in total. The number of benzene rings is 1. The zero-order valence-electron chi connectivity index (χ0n) is 10.1. The van der Waals surface area contributed by atoms with Gasteiger partial charge in [0.2, 0.25) is 5.56 Å². The van der Waals surface area contributed by atoms with Gasteiger partial charge in [0, 0.05) is 11.6 Å². The zero-order valence-corrected chi connectivity index (χ0v) is 11.0. The Kier molecular flexibility index (Phi) is 3.90. The summed E-state index contributed by atoms with van der Waals surface area (Å²) in [6.45, 7) is 0. The van der Waals surface area contributed by atoms with E-state index in [0.29, 0.717) is 5.56 Å². The van der Waals surface area contributed by atoms with E-state index in [2.05, 4.69) is 10.3 Å². The average molecular weight is 291 g/mol. The molecule has 2 aromatic rings. The number of hydrogen-bond acceptors (Lipinski definition) is 3. The van der Waals surface area contributed by atoms with Gasteiger partial charge in [0.1, 0.15) is 16.5 Å². The van der Waals surface area contributed by atoms with Crippen molar-refractivity contribution in [2.24, 2.45) is 5.73 Å². The second kappa shape index (κ2) is 5.62. The Labute approximate surface area is 118 Å². The van der Waals surface area contributed by atoms with Gasteiger partial charge in [0.05, 0.1) is 5.69 Å². The number of H-pyrrole nitrogens is 1. The lowest BCUT2D eigenvalue weighted by atomic mass is 10.2. The summed E-state index contributed by atoms with van der Waals surface area (Å²) in [5, 5.41) is 2.35. The summed E-state index contributed by atoms with van der Waals surface area (Å²) in [6.07, 6.45) is 0. The number of carbonyl (C=O) groups excluding carboxylic acids is 1. The Balaban J connectivity index is 2.24. The van der Waals surface area contributed by atoms with Crippen LogP contribution in [-0.4, -0.2) is 15.9 Å². The first-order chi connectivity index (χ1) is 9.47. The Hall–Kier alpha value is -2.54. The first-order valence-corrected chi connectivity index (χ1v) is 5.98. The Morgan fingerprint density at radius 2 is 2.05 bits per heavy atom. The molecule has 7 heteroatoms. The van der Waals surface area contributed by atoms with Gasteiger partial charge in [-0.1, -0.05) is 18.3 Å². The van der Waals surface area contributed by atoms with Gasteiger partial charge in [-0.05, 0) is 24.3 Å². The van der Waals surface area contributed by atoms with Crippen molar-refractivity contribution in [1.29, 1.82) is 0 Å². The fourth-order valence-corrected chi connectivity index (χ4v) is 1.67. The van der Waals surface area contributed by atoms with E-state index >= 15 is 0 Å². The van der Waals surface area contributed by atoms with Gasteiger partial charge in [-0.15, -0.1) is 0 Å². The van der Waals surface area contributed by atoms with Crippen molar-refractivity contribution in [1.82, 2.24) is 4.98 Å². The molecule has 1 heterocycles. The first kappa shape index (κ1) is 13.9. The molecule has 0 aliphatic rings. The number of nitrogens with one attached hydrogen (secondary N) is 2. The third kappa shape index (κ3) is 3.07. The number of anilines is 1. The summed E-state index contributed by atoms with van der Waals surface area (Å²) >= 11 is 4.73. The van der Waals surface area contributed by atoms with Crippen LogP contribution >= 0.6 is 12.2 Å². The molecule has 20 heavy (non-hydrogen) atoms. The smallest absolute Gasteiger partial charge is 0.272 e. The van der Waals surface area contributed by atoms with Crippen molar-refractivity contribution in [3.63, 3.8) is 0 Å². The fraction of sp³-hybridized carbons (Fsp3) is 0. The van der Waals surface area contributed by atoms with Crippen molar-refractivity contribution >= 4 is 28.8 Å². The molecular formula is C13H10FN3O2S. The summed E-state index contributed by atoms with van der Waals surface area (Å²) in [5.41, 5.74) is 5.34. The van der Waals surface area contributed by atoms with Crippen LogP contribution in [0.25, 0.3) is 0 Å². The van der Waals surface area contributed by atoms with Gasteiger partial charge in [-0.25, -0.2) is 4.39 Å². The summed E-state index contributed by atoms with van der Waals surface area (Å²) in [4.78, 5) is 25.3. The Bertz CT molecular complexity index is 742. The Morgan fingerprint density at radius 3 is 2.65 bits per heavy atom. The highest BCUT2D eigenvalue weighted by Crippen LogP contribution is 2.16. The van der Waals surface area contributed by atoms with Crippen LogP contribution < -0.4 is 16.6 Å². The van der Waals surface area contributed by atoms with Crippen LogP contribution in [0.4, 0.5) is 10.1 Å². The van der Waals surface area contributed by atoms with Gasteiger partial charge in [0.15, 0.2) is 0 Å². The van der Waals surface area contributed by atoms with Crippen molar-refractivity contribution in [2.75, 3.05) is 5.32 Å². The average Bonchev–Trinajstić information content (AvgIpc) is 2.40. The molecule has 2 rings (SSSR count). The zero-order chi connectivity index (χ0) is 14.7. The van der Waals surface area contributed by atoms with Gasteiger partial charge in [0.25, 0.3) is 5.91 Å². The second-order valence-corrected chi connectivity index (χ2v) is 4.38. The monoisotopic (exact) mass is 291 g/mol. The van der Waals surface area contributed by atoms with Crippen LogP contribution in [-0.2, 0) is 0 Å². The summed E-state index contributed by atoms with van der Waals surface area (Å²) in [6, 6.07) is 8.09. The summed E-state index contributed by atoms with van der Waals surface area (Å²) in [7, 11) is 0. The third-order valence-electron chi connectivity index (χ3n) is 2.51. The maximum atomic E-state index is 13.8. The predicted molar refractivity (Wildman–Crippen MR) is 77.3 cm³/mol. The van der Waals surface area contributed by atoms with E-state index in [1.807, 2.05) is 0 Å². The molecular weight excluding hydrogens is 281 g/mol. The van der Waals surface area contributed by atoms with Crippen molar-refractivity contribution < 1.29 is 9.18 Å². The third-order valence-corrected chi connectivity index (χ3v) is 2.75. The molecule has 1 aromatic carbocycles. The molecule has 0 aliphatic heterocycles. The molecule has 102 valence electrons. The van der Waals surface area contributed by atoms with Crippen LogP contribution in [0.15, 0.2) is 41.2 Å². The van der Waals surface area contributed by atoms with Crippen LogP contribution in [0.2, 0.25) is 0 Å². The minimum absolute atomic E-state index is 0.0281. The van der Waals surface area contributed by atoms with Crippen molar-refractivity contribution in [3.05, 3.63) is 63.8 Å². The minimum Gasteiger partial charge on any atom is -0.389 e. The number of aromatic amines is 1. The lowest BCUT2D eigenvalue weighted by Gasteiger charge is -2.07. The molecule has 0 saturated heterocycles. The molecule has 4 N–H and O–H groups in total. The number of amides is 1. The number of nitrogens with two attached hydrogens (primary N) is 1. The van der Waals surface area contributed by atoms with Crippen LogP contribution in [0, 0.1) is 5.82 Å². The number of pyridine rings is 1. The molecule has 0 atom stereocenters. The highest BCUT2D eigenvalue weighted by molar-refractivity contribution is 7.80. The topological polar surface area (TPSA) is 88.0 Å². The number of halogens is 1. The molecule has 0 fully saturated rings. The summed E-state index contributed by atoms with van der Waals surface area (Å²) in [5.74, 6) is -1.29. The van der Waals surface area contributed by atoms with E-state index in [4.69, 9.17) is 18.0 Å². The van der Waals surface area contributed by atoms with Crippen molar-refractivity contribution in [2.45, 2.75) is 0 Å². The van der Waals surface area contributed by atoms with Crippen LogP contribution in [0.1, 0.15) is 16.1 Å². The lowest BCUT2D eigenvalue weighted by molar-refractivity contribution is 0.102. The first-order valence-electron chi connectivity index (χ1n) is 5.57. The van der Waals surface area contributed by atoms with E-state index in [1.165, 1.54) is 30.3 Å². The number of aromatic nitrogens is 1. The van der Waals surface area contributed by atoms with E-state index in [-0.39, 0.29) is 16.4 Å². The standard InChI is InChI=1S/C13H10FN3O2S/c14-8-6-7(12(15)20)4-5-9(8)17-13(19)10-2-1-3-11(18)16-10/h1-6H,(H2,15,20)(H,16,18)(H,17,19). The van der Waals surface area contributed by atoms with E-state index in [1.54, 1.807) is 0 Å². The van der Waals surface area contributed by atoms with E-state index in [0.717, 1.165) is 6.07 Å². The number of carbonyl (C=O) groups is 1. The number of hydrogen-bond donors (Lipinski definition) is 3. The molecule has 0 saturated carbocycles. The van der Waals surface area contributed by atoms with Gasteiger partial charge in [-0.3, -0.25) is 9.59 Å². The van der Waals surface area contributed by atoms with Crippen LogP contribution in [0.5, 0.6) is 0 Å². The SMILES string of the molecule is NC(=S)c1ccc(NC(=O)c2cccc(=O)[nH]2)c(F)c1. The molecule has 0 radical (unpaired) electrons. The number of thiocarbonyl (C=S) groups is 1. The van der Waals surface area contributed by atoms with E-state index < -0.39 is 17.3 Å². The minimum atomic E-state index is -0.665. The van der Waals surface area contributed by atoms with Crippen molar-refractivity contribution in [3.8, 4) is 0 Å². The second-order valence-electron chi connectivity index (χ2n) is 3.94.